The van der Waals surface area contributed by atoms with Crippen molar-refractivity contribution < 1.29 is 24.3 Å². The topological polar surface area (TPSA) is 164 Å². The number of amides is 2. The summed E-state index contributed by atoms with van der Waals surface area (Å²) < 4.78 is 10.9. The van der Waals surface area contributed by atoms with Crippen LogP contribution < -0.4 is 25.8 Å². The summed E-state index contributed by atoms with van der Waals surface area (Å²) in [4.78, 5) is 43.3. The van der Waals surface area contributed by atoms with Gasteiger partial charge in [-0.15, -0.1) is 0 Å². The Hall–Kier alpha value is -4.10. The van der Waals surface area contributed by atoms with Gasteiger partial charge in [-0.25, -0.2) is 20.4 Å². The van der Waals surface area contributed by atoms with E-state index in [0.717, 1.165) is 18.9 Å². The van der Waals surface area contributed by atoms with Crippen molar-refractivity contribution >= 4 is 46.0 Å². The van der Waals surface area contributed by atoms with E-state index in [1.54, 1.807) is 23.8 Å². The molecule has 4 rings (SSSR count). The molecule has 2 amide bonds. The summed E-state index contributed by atoms with van der Waals surface area (Å²) in [5.74, 6) is 1.39. The number of hydrogen-bond donors (Lipinski definition) is 4. The summed E-state index contributed by atoms with van der Waals surface area (Å²) in [5.41, 5.74) is 2.65. The molecule has 0 atom stereocenters. The van der Waals surface area contributed by atoms with Gasteiger partial charge in [0.05, 0.1) is 31.5 Å². The molecule has 2 aromatic heterocycles. The van der Waals surface area contributed by atoms with Gasteiger partial charge in [-0.05, 0) is 25.0 Å². The second-order valence-electron chi connectivity index (χ2n) is 8.05. The lowest BCUT2D eigenvalue weighted by Gasteiger charge is -2.27. The Balaban J connectivity index is 1.51. The molecule has 4 N–H and O–H groups in total. The molecule has 13 nitrogen and oxygen atoms in total. The predicted octanol–water partition coefficient (Wildman–Crippen LogP) is 2.01. The van der Waals surface area contributed by atoms with Crippen LogP contribution in [0.5, 0.6) is 5.75 Å². The van der Waals surface area contributed by atoms with Crippen molar-refractivity contribution in [1.82, 2.24) is 25.4 Å². The summed E-state index contributed by atoms with van der Waals surface area (Å²) in [7, 11) is 1.51. The largest absolute Gasteiger partial charge is 0.494 e. The van der Waals surface area contributed by atoms with Gasteiger partial charge in [0.25, 0.3) is 0 Å². The molecule has 1 fully saturated rings. The van der Waals surface area contributed by atoms with Crippen LogP contribution in [0.25, 0.3) is 10.9 Å². The zero-order valence-corrected chi connectivity index (χ0v) is 19.9. The lowest BCUT2D eigenvalue weighted by Crippen LogP contribution is -2.36. The van der Waals surface area contributed by atoms with Crippen LogP contribution >= 0.6 is 0 Å². The number of anilines is 4. The second-order valence-corrected chi connectivity index (χ2v) is 8.05. The van der Waals surface area contributed by atoms with Crippen molar-refractivity contribution in [3.8, 4) is 5.75 Å². The lowest BCUT2D eigenvalue weighted by atomic mass is 10.1. The standard InChI is InChI=1S/C23H28N8O5/c1-35-18-13-16-15(12-17(18)27-20(32)4-2-3-5-21(33)30-34)22(26-14-25-16)29-23-24-7-6-19(28-23)31-8-10-36-11-9-31/h6-7,12-14,34H,2-5,8-11H2,1H3,(H,27,32)(H,30,33)(H,24,25,26,28,29). The Morgan fingerprint density at radius 1 is 1.11 bits per heavy atom. The van der Waals surface area contributed by atoms with Gasteiger partial charge in [-0.2, -0.15) is 4.98 Å². The fraction of sp³-hybridized carbons (Fsp3) is 0.391. The molecule has 1 aromatic carbocycles. The van der Waals surface area contributed by atoms with Gasteiger partial charge in [0.15, 0.2) is 0 Å². The third kappa shape index (κ3) is 6.31. The maximum absolute atomic E-state index is 12.5. The van der Waals surface area contributed by atoms with Crippen molar-refractivity contribution in [1.29, 1.82) is 0 Å². The molecule has 3 heterocycles. The first kappa shape index (κ1) is 25.0. The molecule has 1 saturated heterocycles. The maximum atomic E-state index is 12.5. The minimum Gasteiger partial charge on any atom is -0.494 e. The van der Waals surface area contributed by atoms with Gasteiger partial charge >= 0.3 is 0 Å². The lowest BCUT2D eigenvalue weighted by molar-refractivity contribution is -0.129. The van der Waals surface area contributed by atoms with Crippen molar-refractivity contribution in [3.05, 3.63) is 30.7 Å². The number of carbonyl (C=O) groups excluding carboxylic acids is 2. The number of rotatable bonds is 10. The predicted molar refractivity (Wildman–Crippen MR) is 131 cm³/mol. The fourth-order valence-electron chi connectivity index (χ4n) is 3.77. The molecule has 0 spiro atoms. The Kier molecular flexibility index (Phi) is 8.36. The van der Waals surface area contributed by atoms with Crippen LogP contribution in [0.15, 0.2) is 30.7 Å². The number of carbonyl (C=O) groups is 2. The van der Waals surface area contributed by atoms with Crippen LogP contribution in [-0.4, -0.2) is 70.4 Å². The van der Waals surface area contributed by atoms with Crippen LogP contribution in [0.4, 0.5) is 23.3 Å². The van der Waals surface area contributed by atoms with E-state index in [2.05, 4.69) is 35.5 Å². The van der Waals surface area contributed by atoms with E-state index in [1.165, 1.54) is 13.4 Å². The summed E-state index contributed by atoms with van der Waals surface area (Å²) in [6, 6.07) is 5.30. The van der Waals surface area contributed by atoms with Gasteiger partial charge in [-0.1, -0.05) is 0 Å². The van der Waals surface area contributed by atoms with Gasteiger partial charge in [0.1, 0.15) is 23.7 Å². The van der Waals surface area contributed by atoms with E-state index in [1.807, 2.05) is 6.07 Å². The Morgan fingerprint density at radius 2 is 1.89 bits per heavy atom. The van der Waals surface area contributed by atoms with E-state index >= 15 is 0 Å². The SMILES string of the molecule is COc1cc2ncnc(Nc3nccc(N4CCOCC4)n3)c2cc1NC(=O)CCCCC(=O)NO. The number of methoxy groups -OCH3 is 1. The Labute approximate surface area is 207 Å². The molecular weight excluding hydrogens is 468 g/mol. The summed E-state index contributed by atoms with van der Waals surface area (Å²) in [5, 5.41) is 15.2. The number of morpholine rings is 1. The molecular formula is C23H28N8O5. The molecule has 1 aliphatic rings. The molecule has 0 bridgehead atoms. The quantitative estimate of drug-likeness (QED) is 0.184. The average Bonchev–Trinajstić information content (AvgIpc) is 2.91. The number of nitrogens with zero attached hydrogens (tertiary/aromatic N) is 5. The first-order chi connectivity index (χ1) is 17.6. The molecule has 190 valence electrons. The van der Waals surface area contributed by atoms with E-state index in [9.17, 15) is 9.59 Å². The normalized spacial score (nSPS) is 13.3. The number of aromatic nitrogens is 4. The van der Waals surface area contributed by atoms with Crippen LogP contribution in [0.3, 0.4) is 0 Å². The highest BCUT2D eigenvalue weighted by molar-refractivity contribution is 5.99. The van der Waals surface area contributed by atoms with Crippen LogP contribution in [-0.2, 0) is 14.3 Å². The van der Waals surface area contributed by atoms with Crippen molar-refractivity contribution in [2.75, 3.05) is 48.9 Å². The third-order valence-electron chi connectivity index (χ3n) is 5.62. The Morgan fingerprint density at radius 3 is 2.64 bits per heavy atom. The second kappa shape index (κ2) is 12.0. The molecule has 1 aliphatic heterocycles. The number of benzene rings is 1. The van der Waals surface area contributed by atoms with E-state index in [0.29, 0.717) is 60.2 Å². The molecule has 0 radical (unpaired) electrons. The fourth-order valence-corrected chi connectivity index (χ4v) is 3.77. The van der Waals surface area contributed by atoms with Crippen molar-refractivity contribution in [3.63, 3.8) is 0 Å². The van der Waals surface area contributed by atoms with Crippen molar-refractivity contribution in [2.45, 2.75) is 25.7 Å². The molecule has 36 heavy (non-hydrogen) atoms. The van der Waals surface area contributed by atoms with E-state index < -0.39 is 5.91 Å². The zero-order chi connectivity index (χ0) is 25.3. The highest BCUT2D eigenvalue weighted by Gasteiger charge is 2.16. The molecule has 3 aromatic rings. The number of hydrogen-bond acceptors (Lipinski definition) is 11. The number of ether oxygens (including phenoxy) is 2. The summed E-state index contributed by atoms with van der Waals surface area (Å²) in [6.07, 6.45) is 4.42. The monoisotopic (exact) mass is 496 g/mol. The number of hydroxylamine groups is 1. The zero-order valence-electron chi connectivity index (χ0n) is 19.9. The average molecular weight is 497 g/mol. The maximum Gasteiger partial charge on any atom is 0.243 e. The van der Waals surface area contributed by atoms with E-state index in [4.69, 9.17) is 14.7 Å². The van der Waals surface area contributed by atoms with Gasteiger partial charge in [0.2, 0.25) is 17.8 Å². The minimum absolute atomic E-state index is 0.143. The van der Waals surface area contributed by atoms with Gasteiger partial charge < -0.3 is 25.0 Å². The molecule has 0 aliphatic carbocycles. The van der Waals surface area contributed by atoms with Crippen LogP contribution in [0.1, 0.15) is 25.7 Å². The van der Waals surface area contributed by atoms with Crippen molar-refractivity contribution in [2.24, 2.45) is 0 Å². The summed E-state index contributed by atoms with van der Waals surface area (Å²) >= 11 is 0. The molecule has 13 heteroatoms. The van der Waals surface area contributed by atoms with Gasteiger partial charge in [0, 0.05) is 43.6 Å². The number of nitrogens with one attached hydrogen (secondary N) is 3. The number of unbranched alkanes of at least 4 members (excludes halogenated alkanes) is 1. The Bertz CT molecular complexity index is 1220. The van der Waals surface area contributed by atoms with Crippen LogP contribution in [0, 0.1) is 0 Å². The first-order valence-corrected chi connectivity index (χ1v) is 11.6. The first-order valence-electron chi connectivity index (χ1n) is 11.6. The highest BCUT2D eigenvalue weighted by atomic mass is 16.5. The van der Waals surface area contributed by atoms with Crippen LogP contribution in [0.2, 0.25) is 0 Å². The number of fused-ring (bicyclic) bond motifs is 1. The molecule has 0 saturated carbocycles. The third-order valence-corrected chi connectivity index (χ3v) is 5.62. The van der Waals surface area contributed by atoms with Gasteiger partial charge in [-0.3, -0.25) is 14.8 Å². The summed E-state index contributed by atoms with van der Waals surface area (Å²) in [6.45, 7) is 2.81. The highest BCUT2D eigenvalue weighted by Crippen LogP contribution is 2.33. The minimum atomic E-state index is -0.480. The molecule has 0 unspecified atom stereocenters. The van der Waals surface area contributed by atoms with E-state index in [-0.39, 0.29) is 18.7 Å². The smallest absolute Gasteiger partial charge is 0.243 e.